The van der Waals surface area contributed by atoms with E-state index in [0.717, 1.165) is 18.2 Å². The second kappa shape index (κ2) is 7.84. The molecule has 0 N–H and O–H groups in total. The van der Waals surface area contributed by atoms with E-state index in [9.17, 15) is 13.6 Å². The number of rotatable bonds is 5. The van der Waals surface area contributed by atoms with E-state index < -0.39 is 11.7 Å². The molecular weight excluding hydrogens is 368 g/mol. The lowest BCUT2D eigenvalue weighted by molar-refractivity contribution is 0.248. The molecule has 0 saturated carbocycles. The Kier molecular flexibility index (Phi) is 5.51. The molecule has 2 aromatic rings. The lowest BCUT2D eigenvalue weighted by Crippen LogP contribution is -2.49. The number of hydrogen-bond donors (Lipinski definition) is 0. The maximum absolute atomic E-state index is 13.6. The molecule has 0 atom stereocenters. The van der Waals surface area contributed by atoms with Gasteiger partial charge in [0, 0.05) is 29.7 Å². The van der Waals surface area contributed by atoms with Crippen LogP contribution in [0.2, 0.25) is 0 Å². The Balaban J connectivity index is 1.85. The van der Waals surface area contributed by atoms with E-state index in [2.05, 4.69) is 18.1 Å². The minimum atomic E-state index is -0.756. The van der Waals surface area contributed by atoms with Crippen molar-refractivity contribution in [2.75, 3.05) is 22.9 Å². The topological polar surface area (TPSA) is 36.4 Å². The van der Waals surface area contributed by atoms with Crippen molar-refractivity contribution >= 4 is 33.8 Å². The standard InChI is InChI=1S/C20H19F2N3OS/c1-13(21)11-18(15(3)22)16-5-7-17(8-6-16)24-9-4-10-25(20(24)26)19-23-14(2)12-27-19/h5-8,11-12H,1,3-4,9-10H2,2H3/b18-11+. The zero-order chi connectivity index (χ0) is 19.6. The highest BCUT2D eigenvalue weighted by atomic mass is 32.1. The molecule has 1 aromatic heterocycles. The minimum absolute atomic E-state index is 0.0268. The summed E-state index contributed by atoms with van der Waals surface area (Å²) < 4.78 is 26.7. The molecule has 2 amide bonds. The van der Waals surface area contributed by atoms with Crippen molar-refractivity contribution < 1.29 is 13.6 Å². The summed E-state index contributed by atoms with van der Waals surface area (Å²) in [5, 5.41) is 2.59. The minimum Gasteiger partial charge on any atom is -0.294 e. The van der Waals surface area contributed by atoms with Gasteiger partial charge in [0.25, 0.3) is 0 Å². The van der Waals surface area contributed by atoms with E-state index in [1.165, 1.54) is 11.3 Å². The molecule has 7 heteroatoms. The first kappa shape index (κ1) is 19.0. The summed E-state index contributed by atoms with van der Waals surface area (Å²) in [6.07, 6.45) is 1.80. The fourth-order valence-corrected chi connectivity index (χ4v) is 3.72. The van der Waals surface area contributed by atoms with Gasteiger partial charge < -0.3 is 0 Å². The summed E-state index contributed by atoms with van der Waals surface area (Å²) >= 11 is 1.44. The highest BCUT2D eigenvalue weighted by molar-refractivity contribution is 7.14. The predicted molar refractivity (Wildman–Crippen MR) is 106 cm³/mol. The first-order valence-corrected chi connectivity index (χ1v) is 9.27. The van der Waals surface area contributed by atoms with Crippen molar-refractivity contribution in [1.29, 1.82) is 0 Å². The highest BCUT2D eigenvalue weighted by Crippen LogP contribution is 2.30. The molecule has 1 aliphatic heterocycles. The van der Waals surface area contributed by atoms with Crippen LogP contribution in [0.3, 0.4) is 0 Å². The molecule has 2 heterocycles. The summed E-state index contributed by atoms with van der Waals surface area (Å²) in [5.41, 5.74) is 2.05. The molecule has 27 heavy (non-hydrogen) atoms. The molecule has 1 fully saturated rings. The van der Waals surface area contributed by atoms with Crippen LogP contribution in [-0.4, -0.2) is 24.1 Å². The van der Waals surface area contributed by atoms with E-state index >= 15 is 0 Å². The van der Waals surface area contributed by atoms with Crippen LogP contribution in [0.1, 0.15) is 17.7 Å². The maximum Gasteiger partial charge on any atom is 0.330 e. The normalized spacial score (nSPS) is 15.2. The second-order valence-corrected chi connectivity index (χ2v) is 7.00. The monoisotopic (exact) mass is 387 g/mol. The number of anilines is 2. The summed E-state index contributed by atoms with van der Waals surface area (Å²) in [7, 11) is 0. The number of thiazole rings is 1. The van der Waals surface area contributed by atoms with E-state index in [1.807, 2.05) is 12.3 Å². The van der Waals surface area contributed by atoms with Crippen molar-refractivity contribution in [2.45, 2.75) is 13.3 Å². The molecule has 4 nitrogen and oxygen atoms in total. The number of hydrogen-bond acceptors (Lipinski definition) is 3. The summed E-state index contributed by atoms with van der Waals surface area (Å²) in [6, 6.07) is 6.54. The number of aromatic nitrogens is 1. The van der Waals surface area contributed by atoms with Crippen LogP contribution in [0.5, 0.6) is 0 Å². The molecule has 140 valence electrons. The number of carbonyl (C=O) groups excluding carboxylic acids is 1. The summed E-state index contributed by atoms with van der Waals surface area (Å²) in [4.78, 5) is 20.6. The van der Waals surface area contributed by atoms with Gasteiger partial charge in [0.05, 0.1) is 5.69 Å². The highest BCUT2D eigenvalue weighted by Gasteiger charge is 2.29. The molecule has 1 aromatic carbocycles. The molecule has 0 bridgehead atoms. The van der Waals surface area contributed by atoms with Gasteiger partial charge in [-0.25, -0.2) is 18.6 Å². The number of benzene rings is 1. The molecule has 0 aliphatic carbocycles. The number of allylic oxidation sites excluding steroid dienone is 4. The van der Waals surface area contributed by atoms with Gasteiger partial charge in [-0.15, -0.1) is 11.3 Å². The predicted octanol–water partition coefficient (Wildman–Crippen LogP) is 5.64. The average Bonchev–Trinajstić information content (AvgIpc) is 3.06. The Morgan fingerprint density at radius 2 is 1.85 bits per heavy atom. The molecule has 1 saturated heterocycles. The van der Waals surface area contributed by atoms with Crippen molar-refractivity contribution in [1.82, 2.24) is 4.98 Å². The van der Waals surface area contributed by atoms with Crippen LogP contribution >= 0.6 is 11.3 Å². The number of urea groups is 1. The van der Waals surface area contributed by atoms with Crippen molar-refractivity contribution in [2.24, 2.45) is 0 Å². The second-order valence-electron chi connectivity index (χ2n) is 6.17. The number of nitrogens with zero attached hydrogens (tertiary/aromatic N) is 3. The third kappa shape index (κ3) is 4.14. The third-order valence-electron chi connectivity index (χ3n) is 4.15. The van der Waals surface area contributed by atoms with Crippen molar-refractivity contribution in [3.8, 4) is 0 Å². The number of carbonyl (C=O) groups is 1. The van der Waals surface area contributed by atoms with Gasteiger partial charge in [-0.2, -0.15) is 0 Å². The van der Waals surface area contributed by atoms with E-state index in [-0.39, 0.29) is 11.6 Å². The molecule has 0 spiro atoms. The van der Waals surface area contributed by atoms with Gasteiger partial charge in [0.15, 0.2) is 5.13 Å². The van der Waals surface area contributed by atoms with E-state index in [4.69, 9.17) is 0 Å². The summed E-state index contributed by atoms with van der Waals surface area (Å²) in [6.45, 7) is 9.45. The maximum atomic E-state index is 13.6. The Bertz CT molecular complexity index is 918. The zero-order valence-corrected chi connectivity index (χ0v) is 15.7. The lowest BCUT2D eigenvalue weighted by Gasteiger charge is -2.34. The van der Waals surface area contributed by atoms with Crippen LogP contribution < -0.4 is 9.80 Å². The fraction of sp³-hybridized carbons (Fsp3) is 0.200. The molecule has 0 radical (unpaired) electrons. The molecule has 3 rings (SSSR count). The zero-order valence-electron chi connectivity index (χ0n) is 14.9. The third-order valence-corrected chi connectivity index (χ3v) is 5.13. The molecular formula is C20H19F2N3OS. The first-order chi connectivity index (χ1) is 12.9. The Labute approximate surface area is 160 Å². The van der Waals surface area contributed by atoms with E-state index in [1.54, 1.807) is 34.1 Å². The number of aryl methyl sites for hydroxylation is 1. The van der Waals surface area contributed by atoms with Gasteiger partial charge in [-0.3, -0.25) is 9.80 Å². The van der Waals surface area contributed by atoms with Crippen molar-refractivity contribution in [3.63, 3.8) is 0 Å². The van der Waals surface area contributed by atoms with Crippen LogP contribution in [0, 0.1) is 6.92 Å². The summed E-state index contributed by atoms with van der Waals surface area (Å²) in [5.74, 6) is -1.51. The largest absolute Gasteiger partial charge is 0.330 e. The first-order valence-electron chi connectivity index (χ1n) is 8.39. The quantitative estimate of drug-likeness (QED) is 0.623. The van der Waals surface area contributed by atoms with Gasteiger partial charge >= 0.3 is 6.03 Å². The van der Waals surface area contributed by atoms with Gasteiger partial charge in [-0.1, -0.05) is 25.3 Å². The van der Waals surface area contributed by atoms with Crippen LogP contribution in [-0.2, 0) is 0 Å². The Morgan fingerprint density at radius 3 is 2.41 bits per heavy atom. The lowest BCUT2D eigenvalue weighted by atomic mass is 10.0. The van der Waals surface area contributed by atoms with E-state index in [0.29, 0.717) is 29.5 Å². The number of amides is 2. The Morgan fingerprint density at radius 1 is 1.19 bits per heavy atom. The molecule has 1 aliphatic rings. The Hall–Kier alpha value is -2.80. The van der Waals surface area contributed by atoms with Gasteiger partial charge in [0.1, 0.15) is 11.7 Å². The van der Waals surface area contributed by atoms with Crippen LogP contribution in [0.15, 0.2) is 60.5 Å². The average molecular weight is 387 g/mol. The smallest absolute Gasteiger partial charge is 0.294 e. The van der Waals surface area contributed by atoms with Crippen LogP contribution in [0.25, 0.3) is 5.57 Å². The van der Waals surface area contributed by atoms with Crippen LogP contribution in [0.4, 0.5) is 24.4 Å². The van der Waals surface area contributed by atoms with Gasteiger partial charge in [-0.05, 0) is 37.1 Å². The molecule has 0 unspecified atom stereocenters. The van der Waals surface area contributed by atoms with Crippen molar-refractivity contribution in [3.05, 3.63) is 71.8 Å². The fourth-order valence-electron chi connectivity index (χ4n) is 2.90. The SMILES string of the molecule is C=C(F)/C=C(\C(=C)F)c1ccc(N2CCCN(c3nc(C)cs3)C2=O)cc1. The van der Waals surface area contributed by atoms with Gasteiger partial charge in [0.2, 0.25) is 0 Å². The number of halogens is 2.